The topological polar surface area (TPSA) is 95.9 Å². The zero-order valence-corrected chi connectivity index (χ0v) is 48.9. The van der Waals surface area contributed by atoms with Gasteiger partial charge in [0.25, 0.3) is 0 Å². The molecular formula is C67H125NO5. The second-order valence-electron chi connectivity index (χ2n) is 22.1. The third-order valence-electron chi connectivity index (χ3n) is 14.8. The maximum absolute atomic E-state index is 12.5. The standard InChI is InChI=1S/C67H125NO5/c1-3-5-7-9-11-13-15-17-18-19-20-21-22-23-24-26-29-32-36-39-43-47-51-55-59-65(70)64(63-69)68-66(71)60-56-52-48-44-40-37-33-30-27-25-28-31-34-38-42-46-50-54-58-62-73-67(72)61-57-53-49-45-41-35-16-14-12-10-8-6-4-2/h8,10,14,16,25,27,55,59,64-65,69-70H,3-7,9,11-13,15,17-24,26,28-54,56-58,60-63H2,1-2H3,(H,68,71)/b10-8-,16-14-,27-25-,59-55+. The van der Waals surface area contributed by atoms with Crippen molar-refractivity contribution in [1.29, 1.82) is 0 Å². The van der Waals surface area contributed by atoms with E-state index in [1.54, 1.807) is 6.08 Å². The molecule has 1 amide bonds. The number of carbonyl (C=O) groups is 2. The molecule has 6 nitrogen and oxygen atoms in total. The van der Waals surface area contributed by atoms with Gasteiger partial charge >= 0.3 is 5.97 Å². The molecule has 0 aliphatic carbocycles. The Labute approximate surface area is 455 Å². The predicted molar refractivity (Wildman–Crippen MR) is 319 cm³/mol. The van der Waals surface area contributed by atoms with Gasteiger partial charge in [-0.15, -0.1) is 0 Å². The minimum atomic E-state index is -0.853. The van der Waals surface area contributed by atoms with Gasteiger partial charge in [0.05, 0.1) is 25.4 Å². The maximum Gasteiger partial charge on any atom is 0.305 e. The number of nitrogens with one attached hydrogen (secondary N) is 1. The number of aliphatic hydroxyl groups excluding tert-OH is 2. The van der Waals surface area contributed by atoms with E-state index >= 15 is 0 Å². The zero-order chi connectivity index (χ0) is 52.9. The van der Waals surface area contributed by atoms with E-state index in [2.05, 4.69) is 55.6 Å². The van der Waals surface area contributed by atoms with Crippen LogP contribution in [0.1, 0.15) is 341 Å². The van der Waals surface area contributed by atoms with Crippen molar-refractivity contribution in [2.24, 2.45) is 0 Å². The lowest BCUT2D eigenvalue weighted by atomic mass is 10.0. The summed E-state index contributed by atoms with van der Waals surface area (Å²) in [4.78, 5) is 24.5. The van der Waals surface area contributed by atoms with Crippen molar-refractivity contribution in [3.8, 4) is 0 Å². The smallest absolute Gasteiger partial charge is 0.305 e. The van der Waals surface area contributed by atoms with Crippen molar-refractivity contribution >= 4 is 11.9 Å². The molecule has 0 rings (SSSR count). The number of allylic oxidation sites excluding steroid dienone is 7. The fourth-order valence-corrected chi connectivity index (χ4v) is 9.84. The van der Waals surface area contributed by atoms with Crippen LogP contribution >= 0.6 is 0 Å². The molecule has 0 fully saturated rings. The van der Waals surface area contributed by atoms with E-state index in [4.69, 9.17) is 4.74 Å². The highest BCUT2D eigenvalue weighted by Crippen LogP contribution is 2.17. The van der Waals surface area contributed by atoms with E-state index in [1.165, 1.54) is 250 Å². The first-order valence-electron chi connectivity index (χ1n) is 32.4. The van der Waals surface area contributed by atoms with E-state index in [0.29, 0.717) is 19.4 Å². The largest absolute Gasteiger partial charge is 0.466 e. The fraction of sp³-hybridized carbons (Fsp3) is 0.851. The molecule has 6 heteroatoms. The van der Waals surface area contributed by atoms with Crippen molar-refractivity contribution < 1.29 is 24.5 Å². The van der Waals surface area contributed by atoms with Crippen LogP contribution in [0.4, 0.5) is 0 Å². The number of rotatable bonds is 60. The van der Waals surface area contributed by atoms with E-state index < -0.39 is 12.1 Å². The number of ether oxygens (including phenoxy) is 1. The quantitative estimate of drug-likeness (QED) is 0.0320. The molecule has 428 valence electrons. The van der Waals surface area contributed by atoms with Gasteiger partial charge in [-0.25, -0.2) is 0 Å². The molecule has 0 bridgehead atoms. The lowest BCUT2D eigenvalue weighted by Gasteiger charge is -2.20. The highest BCUT2D eigenvalue weighted by atomic mass is 16.5. The van der Waals surface area contributed by atoms with Gasteiger partial charge in [-0.1, -0.05) is 294 Å². The average molecular weight is 1020 g/mol. The molecule has 0 aromatic heterocycles. The number of hydrogen-bond donors (Lipinski definition) is 3. The van der Waals surface area contributed by atoms with Gasteiger partial charge in [0.15, 0.2) is 0 Å². The Hall–Kier alpha value is -2.18. The summed E-state index contributed by atoms with van der Waals surface area (Å²) in [6.07, 6.45) is 80.2. The molecule has 0 saturated carbocycles. The van der Waals surface area contributed by atoms with Gasteiger partial charge in [-0.3, -0.25) is 9.59 Å². The van der Waals surface area contributed by atoms with Gasteiger partial charge in [0, 0.05) is 12.8 Å². The van der Waals surface area contributed by atoms with Crippen LogP contribution in [0.3, 0.4) is 0 Å². The second kappa shape index (κ2) is 62.4. The lowest BCUT2D eigenvalue weighted by molar-refractivity contribution is -0.143. The number of amides is 1. The summed E-state index contributed by atoms with van der Waals surface area (Å²) in [5, 5.41) is 23.2. The summed E-state index contributed by atoms with van der Waals surface area (Å²) in [5.41, 5.74) is 0. The van der Waals surface area contributed by atoms with Crippen LogP contribution in [-0.2, 0) is 14.3 Å². The molecule has 0 radical (unpaired) electrons. The monoisotopic (exact) mass is 1020 g/mol. The van der Waals surface area contributed by atoms with Crippen LogP contribution in [0, 0.1) is 0 Å². The number of aliphatic hydroxyl groups is 2. The van der Waals surface area contributed by atoms with Gasteiger partial charge < -0.3 is 20.3 Å². The van der Waals surface area contributed by atoms with Gasteiger partial charge in [0.1, 0.15) is 0 Å². The van der Waals surface area contributed by atoms with Crippen LogP contribution in [-0.4, -0.2) is 47.4 Å². The molecule has 0 heterocycles. The molecule has 0 aliphatic heterocycles. The van der Waals surface area contributed by atoms with E-state index in [-0.39, 0.29) is 18.5 Å². The van der Waals surface area contributed by atoms with Crippen LogP contribution in [0.2, 0.25) is 0 Å². The summed E-state index contributed by atoms with van der Waals surface area (Å²) in [6.45, 7) is 4.84. The average Bonchev–Trinajstić information content (AvgIpc) is 3.39. The second-order valence-corrected chi connectivity index (χ2v) is 22.1. The van der Waals surface area contributed by atoms with Crippen LogP contribution in [0.25, 0.3) is 0 Å². The van der Waals surface area contributed by atoms with Crippen LogP contribution in [0.5, 0.6) is 0 Å². The first-order chi connectivity index (χ1) is 36.0. The summed E-state index contributed by atoms with van der Waals surface area (Å²) < 4.78 is 5.46. The first kappa shape index (κ1) is 70.8. The summed E-state index contributed by atoms with van der Waals surface area (Å²) in [6, 6.07) is -0.638. The summed E-state index contributed by atoms with van der Waals surface area (Å²) in [7, 11) is 0. The van der Waals surface area contributed by atoms with Crippen molar-refractivity contribution in [3.63, 3.8) is 0 Å². The molecule has 73 heavy (non-hydrogen) atoms. The number of esters is 1. The van der Waals surface area contributed by atoms with Crippen molar-refractivity contribution in [1.82, 2.24) is 5.32 Å². The molecule has 3 N–H and O–H groups in total. The molecule has 2 unspecified atom stereocenters. The summed E-state index contributed by atoms with van der Waals surface area (Å²) >= 11 is 0. The van der Waals surface area contributed by atoms with Crippen molar-refractivity contribution in [3.05, 3.63) is 48.6 Å². The van der Waals surface area contributed by atoms with Crippen LogP contribution < -0.4 is 5.32 Å². The predicted octanol–water partition coefficient (Wildman–Crippen LogP) is 20.5. The highest BCUT2D eigenvalue weighted by Gasteiger charge is 2.18. The van der Waals surface area contributed by atoms with E-state index in [0.717, 1.165) is 64.2 Å². The number of unbranched alkanes of at least 4 members (excludes halogenated alkanes) is 43. The summed E-state index contributed by atoms with van der Waals surface area (Å²) in [5.74, 6) is -0.0876. The third kappa shape index (κ3) is 58.9. The Morgan fingerprint density at radius 1 is 0.384 bits per heavy atom. The fourth-order valence-electron chi connectivity index (χ4n) is 9.84. The third-order valence-corrected chi connectivity index (χ3v) is 14.8. The Morgan fingerprint density at radius 2 is 0.712 bits per heavy atom. The minimum Gasteiger partial charge on any atom is -0.466 e. The highest BCUT2D eigenvalue weighted by molar-refractivity contribution is 5.76. The molecule has 0 aliphatic rings. The normalized spacial score (nSPS) is 12.9. The maximum atomic E-state index is 12.5. The molecule has 0 spiro atoms. The van der Waals surface area contributed by atoms with Crippen LogP contribution in [0.15, 0.2) is 48.6 Å². The number of carbonyl (C=O) groups excluding carboxylic acids is 2. The van der Waals surface area contributed by atoms with E-state index in [1.807, 2.05) is 6.08 Å². The first-order valence-corrected chi connectivity index (χ1v) is 32.4. The van der Waals surface area contributed by atoms with Crippen molar-refractivity contribution in [2.75, 3.05) is 13.2 Å². The minimum absolute atomic E-state index is 0.0122. The van der Waals surface area contributed by atoms with Gasteiger partial charge in [0.2, 0.25) is 5.91 Å². The van der Waals surface area contributed by atoms with Crippen molar-refractivity contribution in [2.45, 2.75) is 353 Å². The Kier molecular flexibility index (Phi) is 60.5. The Morgan fingerprint density at radius 3 is 1.11 bits per heavy atom. The van der Waals surface area contributed by atoms with Gasteiger partial charge in [-0.05, 0) is 83.5 Å². The zero-order valence-electron chi connectivity index (χ0n) is 48.9. The molecular weight excluding hydrogens is 899 g/mol. The van der Waals surface area contributed by atoms with E-state index in [9.17, 15) is 19.8 Å². The lowest BCUT2D eigenvalue weighted by Crippen LogP contribution is -2.45. The SMILES string of the molecule is CCC/C=C\C/C=C\CCCCCCCC(=O)OCCCCCCCCCC/C=C\CCCCCCCCCC(=O)NC(CO)C(O)/C=C/CCCCCCCCCCCCCCCCCCCCCCCC. The molecule has 2 atom stereocenters. The molecule has 0 saturated heterocycles. The molecule has 0 aromatic carbocycles. The van der Waals surface area contributed by atoms with Gasteiger partial charge in [-0.2, -0.15) is 0 Å². The number of hydrogen-bond acceptors (Lipinski definition) is 5. The molecule has 0 aromatic rings. The Bertz CT molecular complexity index is 1230. The Balaban J connectivity index is 3.48.